The van der Waals surface area contributed by atoms with Gasteiger partial charge >= 0.3 is 0 Å². The van der Waals surface area contributed by atoms with E-state index in [4.69, 9.17) is 9.47 Å². The van der Waals surface area contributed by atoms with E-state index in [0.717, 1.165) is 17.7 Å². The third-order valence-corrected chi connectivity index (χ3v) is 3.90. The molecule has 0 spiro atoms. The lowest BCUT2D eigenvalue weighted by molar-refractivity contribution is 0.0752. The van der Waals surface area contributed by atoms with E-state index in [1.54, 1.807) is 14.2 Å². The van der Waals surface area contributed by atoms with Gasteiger partial charge in [-0.3, -0.25) is 0 Å². The van der Waals surface area contributed by atoms with Crippen LogP contribution in [0.2, 0.25) is 0 Å². The van der Waals surface area contributed by atoms with Crippen LogP contribution in [0.5, 0.6) is 11.5 Å². The molecule has 3 heteroatoms. The van der Waals surface area contributed by atoms with Crippen LogP contribution in [0.1, 0.15) is 31.1 Å². The average molecular weight is 236 g/mol. The maximum absolute atomic E-state index is 10.3. The lowest BCUT2D eigenvalue weighted by Gasteiger charge is -2.33. The molecule has 0 fully saturated rings. The van der Waals surface area contributed by atoms with Crippen LogP contribution < -0.4 is 9.47 Å². The van der Waals surface area contributed by atoms with E-state index in [1.807, 2.05) is 12.1 Å². The summed E-state index contributed by atoms with van der Waals surface area (Å²) in [4.78, 5) is 0. The summed E-state index contributed by atoms with van der Waals surface area (Å²) >= 11 is 0. The van der Waals surface area contributed by atoms with Crippen molar-refractivity contribution in [3.8, 4) is 11.5 Å². The summed E-state index contributed by atoms with van der Waals surface area (Å²) in [6, 6.07) is 3.89. The maximum atomic E-state index is 10.3. The van der Waals surface area contributed by atoms with Gasteiger partial charge in [-0.05, 0) is 41.5 Å². The Labute approximate surface area is 102 Å². The Hall–Kier alpha value is -1.22. The van der Waals surface area contributed by atoms with Crippen molar-refractivity contribution in [3.63, 3.8) is 0 Å². The molecule has 1 unspecified atom stereocenters. The molecule has 1 aromatic carbocycles. The Bertz CT molecular complexity index is 414. The molecule has 3 nitrogen and oxygen atoms in total. The molecule has 1 N–H and O–H groups in total. The zero-order chi connectivity index (χ0) is 12.6. The Kier molecular flexibility index (Phi) is 3.29. The van der Waals surface area contributed by atoms with Crippen molar-refractivity contribution in [2.75, 3.05) is 14.2 Å². The molecule has 0 heterocycles. The molecule has 0 amide bonds. The van der Waals surface area contributed by atoms with Crippen LogP contribution in [0, 0.1) is 11.8 Å². The second kappa shape index (κ2) is 4.57. The standard InChI is InChI=1S/C14H20O3/c1-8-5-10-6-12(16-3)13(17-4)7-11(10)14(15)9(8)2/h6-9,14-15H,5H2,1-4H3/t8-,9-,14?/m1/s1. The van der Waals surface area contributed by atoms with Crippen molar-refractivity contribution < 1.29 is 14.6 Å². The molecule has 1 aliphatic carbocycles. The van der Waals surface area contributed by atoms with Crippen LogP contribution >= 0.6 is 0 Å². The normalized spacial score (nSPS) is 27.5. The van der Waals surface area contributed by atoms with E-state index in [2.05, 4.69) is 13.8 Å². The van der Waals surface area contributed by atoms with E-state index < -0.39 is 6.10 Å². The number of hydrogen-bond donors (Lipinski definition) is 1. The van der Waals surface area contributed by atoms with Gasteiger partial charge in [-0.2, -0.15) is 0 Å². The highest BCUT2D eigenvalue weighted by Crippen LogP contribution is 2.42. The number of hydrogen-bond acceptors (Lipinski definition) is 3. The van der Waals surface area contributed by atoms with Crippen molar-refractivity contribution in [2.45, 2.75) is 26.4 Å². The zero-order valence-electron chi connectivity index (χ0n) is 10.9. The van der Waals surface area contributed by atoms with Gasteiger partial charge in [0.05, 0.1) is 20.3 Å². The number of aliphatic hydroxyl groups excluding tert-OH is 1. The molecular weight excluding hydrogens is 216 g/mol. The van der Waals surface area contributed by atoms with Gasteiger partial charge in [0.2, 0.25) is 0 Å². The van der Waals surface area contributed by atoms with Gasteiger partial charge in [0.15, 0.2) is 11.5 Å². The molecule has 0 saturated heterocycles. The van der Waals surface area contributed by atoms with Gasteiger partial charge < -0.3 is 14.6 Å². The molecule has 0 radical (unpaired) electrons. The van der Waals surface area contributed by atoms with E-state index in [0.29, 0.717) is 11.7 Å². The topological polar surface area (TPSA) is 38.7 Å². The molecule has 94 valence electrons. The van der Waals surface area contributed by atoms with Crippen LogP contribution in [-0.2, 0) is 6.42 Å². The number of rotatable bonds is 2. The third kappa shape index (κ3) is 2.00. The minimum Gasteiger partial charge on any atom is -0.493 e. The van der Waals surface area contributed by atoms with Crippen LogP contribution in [0.25, 0.3) is 0 Å². The van der Waals surface area contributed by atoms with Crippen molar-refractivity contribution >= 4 is 0 Å². The highest BCUT2D eigenvalue weighted by atomic mass is 16.5. The summed E-state index contributed by atoms with van der Waals surface area (Å²) in [5, 5.41) is 10.3. The Morgan fingerprint density at radius 3 is 2.29 bits per heavy atom. The summed E-state index contributed by atoms with van der Waals surface area (Å²) < 4.78 is 10.6. The van der Waals surface area contributed by atoms with Crippen molar-refractivity contribution in [2.24, 2.45) is 11.8 Å². The van der Waals surface area contributed by atoms with E-state index in [1.165, 1.54) is 5.56 Å². The van der Waals surface area contributed by atoms with Crippen molar-refractivity contribution in [3.05, 3.63) is 23.3 Å². The lowest BCUT2D eigenvalue weighted by Crippen LogP contribution is -2.25. The third-order valence-electron chi connectivity index (χ3n) is 3.90. The second-order valence-corrected chi connectivity index (χ2v) is 4.89. The first-order valence-corrected chi connectivity index (χ1v) is 6.01. The monoisotopic (exact) mass is 236 g/mol. The van der Waals surface area contributed by atoms with Crippen molar-refractivity contribution in [1.29, 1.82) is 0 Å². The molecule has 1 aromatic rings. The molecule has 17 heavy (non-hydrogen) atoms. The molecular formula is C14H20O3. The maximum Gasteiger partial charge on any atom is 0.161 e. The summed E-state index contributed by atoms with van der Waals surface area (Å²) in [6.45, 7) is 4.27. The molecule has 2 rings (SSSR count). The molecule has 0 aromatic heterocycles. The van der Waals surface area contributed by atoms with Crippen LogP contribution in [-0.4, -0.2) is 19.3 Å². The fourth-order valence-corrected chi connectivity index (χ4v) is 2.52. The second-order valence-electron chi connectivity index (χ2n) is 4.89. The molecule has 0 bridgehead atoms. The Morgan fingerprint density at radius 2 is 1.71 bits per heavy atom. The summed E-state index contributed by atoms with van der Waals surface area (Å²) in [6.07, 6.45) is 0.571. The van der Waals surface area contributed by atoms with Crippen LogP contribution in [0.15, 0.2) is 12.1 Å². The first-order chi connectivity index (χ1) is 8.08. The first-order valence-electron chi connectivity index (χ1n) is 6.01. The predicted octanol–water partition coefficient (Wildman–Crippen LogP) is 2.57. The van der Waals surface area contributed by atoms with Crippen LogP contribution in [0.4, 0.5) is 0 Å². The first kappa shape index (κ1) is 12.2. The van der Waals surface area contributed by atoms with Gasteiger partial charge in [-0.15, -0.1) is 0 Å². The molecule has 0 aliphatic heterocycles. The SMILES string of the molecule is COc1cc2c(cc1OC)C(O)[C@H](C)[C@H](C)C2. The summed E-state index contributed by atoms with van der Waals surface area (Å²) in [7, 11) is 3.25. The van der Waals surface area contributed by atoms with Gasteiger partial charge in [0, 0.05) is 0 Å². The summed E-state index contributed by atoms with van der Waals surface area (Å²) in [5.74, 6) is 2.18. The highest BCUT2D eigenvalue weighted by Gasteiger charge is 2.31. The van der Waals surface area contributed by atoms with Gasteiger partial charge in [-0.25, -0.2) is 0 Å². The minimum absolute atomic E-state index is 0.278. The van der Waals surface area contributed by atoms with Gasteiger partial charge in [0.25, 0.3) is 0 Å². The Balaban J connectivity index is 2.50. The Morgan fingerprint density at radius 1 is 1.12 bits per heavy atom. The lowest BCUT2D eigenvalue weighted by atomic mass is 9.75. The number of fused-ring (bicyclic) bond motifs is 1. The minimum atomic E-state index is -0.409. The van der Waals surface area contributed by atoms with E-state index >= 15 is 0 Å². The number of benzene rings is 1. The smallest absolute Gasteiger partial charge is 0.161 e. The largest absolute Gasteiger partial charge is 0.493 e. The fraction of sp³-hybridized carbons (Fsp3) is 0.571. The molecule has 1 aliphatic rings. The van der Waals surface area contributed by atoms with Crippen LogP contribution in [0.3, 0.4) is 0 Å². The summed E-state index contributed by atoms with van der Waals surface area (Å²) in [5.41, 5.74) is 2.15. The van der Waals surface area contributed by atoms with E-state index in [-0.39, 0.29) is 5.92 Å². The zero-order valence-corrected chi connectivity index (χ0v) is 10.9. The van der Waals surface area contributed by atoms with Gasteiger partial charge in [-0.1, -0.05) is 13.8 Å². The predicted molar refractivity (Wildman–Crippen MR) is 66.5 cm³/mol. The van der Waals surface area contributed by atoms with Gasteiger partial charge in [0.1, 0.15) is 0 Å². The number of methoxy groups -OCH3 is 2. The fourth-order valence-electron chi connectivity index (χ4n) is 2.52. The average Bonchev–Trinajstić information content (AvgIpc) is 2.34. The molecule has 0 saturated carbocycles. The van der Waals surface area contributed by atoms with E-state index in [9.17, 15) is 5.11 Å². The van der Waals surface area contributed by atoms with Crippen molar-refractivity contribution in [1.82, 2.24) is 0 Å². The highest BCUT2D eigenvalue weighted by molar-refractivity contribution is 5.49. The quantitative estimate of drug-likeness (QED) is 0.857. The molecule has 3 atom stereocenters. The number of ether oxygens (including phenoxy) is 2. The number of aliphatic hydroxyl groups is 1.